The number of rotatable bonds is 7. The van der Waals surface area contributed by atoms with Crippen LogP contribution >= 0.6 is 0 Å². The topological polar surface area (TPSA) is 78.9 Å². The number of carbonyl (C=O) groups excluding carboxylic acids is 3. The minimum Gasteiger partial charge on any atom is -0.466 e. The molecule has 0 aromatic rings. The number of ether oxygens (including phenoxy) is 3. The van der Waals surface area contributed by atoms with Gasteiger partial charge in [-0.3, -0.25) is 14.4 Å². The summed E-state index contributed by atoms with van der Waals surface area (Å²) in [4.78, 5) is 34.0. The Morgan fingerprint density at radius 2 is 0.962 bits per heavy atom. The summed E-state index contributed by atoms with van der Waals surface area (Å²) in [7, 11) is 0. The molecule has 0 unspecified atom stereocenters. The van der Waals surface area contributed by atoms with Gasteiger partial charge >= 0.3 is 17.9 Å². The highest BCUT2D eigenvalue weighted by Crippen LogP contribution is 2.32. The van der Waals surface area contributed by atoms with Crippen LogP contribution in [0.1, 0.15) is 65.2 Å². The molecule has 0 radical (unpaired) electrons. The van der Waals surface area contributed by atoms with Crippen molar-refractivity contribution in [2.24, 2.45) is 23.7 Å². The van der Waals surface area contributed by atoms with Crippen LogP contribution in [0.2, 0.25) is 0 Å². The third-order valence-corrected chi connectivity index (χ3v) is 5.65. The van der Waals surface area contributed by atoms with Crippen molar-refractivity contribution >= 4 is 17.9 Å². The predicted octanol–water partition coefficient (Wildman–Crippen LogP) is 3.27. The molecule has 6 nitrogen and oxygen atoms in total. The first-order chi connectivity index (χ1) is 12.4. The van der Waals surface area contributed by atoms with E-state index in [0.717, 1.165) is 51.4 Å². The summed E-state index contributed by atoms with van der Waals surface area (Å²) < 4.78 is 15.7. The molecule has 0 aliphatic heterocycles. The molecule has 0 aromatic heterocycles. The van der Waals surface area contributed by atoms with E-state index in [1.165, 1.54) is 13.8 Å². The van der Waals surface area contributed by atoms with Gasteiger partial charge in [-0.2, -0.15) is 0 Å². The molecule has 2 aliphatic rings. The van der Waals surface area contributed by atoms with Gasteiger partial charge in [-0.1, -0.05) is 0 Å². The molecule has 0 saturated heterocycles. The number of hydrogen-bond acceptors (Lipinski definition) is 6. The lowest BCUT2D eigenvalue weighted by Gasteiger charge is -2.29. The molecule has 2 fully saturated rings. The molecule has 0 bridgehead atoms. The summed E-state index contributed by atoms with van der Waals surface area (Å²) in [6, 6.07) is 0. The van der Waals surface area contributed by atoms with Gasteiger partial charge in [0.15, 0.2) is 0 Å². The fraction of sp³-hybridized carbons (Fsp3) is 0.850. The second-order valence-electron chi connectivity index (χ2n) is 7.84. The van der Waals surface area contributed by atoms with Crippen LogP contribution in [0.15, 0.2) is 0 Å². The smallest absolute Gasteiger partial charge is 0.308 e. The van der Waals surface area contributed by atoms with Crippen LogP contribution in [-0.4, -0.2) is 37.7 Å². The average molecular weight is 368 g/mol. The lowest BCUT2D eigenvalue weighted by molar-refractivity contribution is -0.153. The quantitative estimate of drug-likeness (QED) is 0.507. The third-order valence-electron chi connectivity index (χ3n) is 5.65. The molecule has 26 heavy (non-hydrogen) atoms. The van der Waals surface area contributed by atoms with Crippen molar-refractivity contribution in [2.75, 3.05) is 19.8 Å². The van der Waals surface area contributed by atoms with E-state index < -0.39 is 0 Å². The molecule has 0 amide bonds. The lowest BCUT2D eigenvalue weighted by Crippen LogP contribution is -2.28. The van der Waals surface area contributed by atoms with E-state index in [9.17, 15) is 14.4 Å². The Kier molecular flexibility index (Phi) is 8.39. The maximum absolute atomic E-state index is 12.3. The first-order valence-corrected chi connectivity index (χ1v) is 9.87. The molecule has 148 valence electrons. The lowest BCUT2D eigenvalue weighted by atomic mass is 9.82. The largest absolute Gasteiger partial charge is 0.466 e. The van der Waals surface area contributed by atoms with Gasteiger partial charge in [0, 0.05) is 13.8 Å². The Labute approximate surface area is 155 Å². The van der Waals surface area contributed by atoms with E-state index in [1.54, 1.807) is 0 Å². The van der Waals surface area contributed by atoms with Gasteiger partial charge in [0.1, 0.15) is 0 Å². The van der Waals surface area contributed by atoms with Crippen molar-refractivity contribution in [2.45, 2.75) is 65.2 Å². The molecular formula is C20H32O6. The minimum atomic E-state index is -0.242. The molecule has 0 aromatic carbocycles. The van der Waals surface area contributed by atoms with E-state index in [-0.39, 0.29) is 23.8 Å². The zero-order valence-corrected chi connectivity index (χ0v) is 16.0. The summed E-state index contributed by atoms with van der Waals surface area (Å²) >= 11 is 0. The van der Waals surface area contributed by atoms with Gasteiger partial charge in [-0.05, 0) is 69.1 Å². The molecule has 2 rings (SSSR count). The number of carbonyl (C=O) groups is 3. The molecule has 0 heterocycles. The van der Waals surface area contributed by atoms with Gasteiger partial charge in [0.25, 0.3) is 0 Å². The maximum Gasteiger partial charge on any atom is 0.308 e. The van der Waals surface area contributed by atoms with Crippen LogP contribution in [0.4, 0.5) is 0 Å². The van der Waals surface area contributed by atoms with Crippen molar-refractivity contribution in [3.05, 3.63) is 0 Å². The zero-order chi connectivity index (χ0) is 18.9. The van der Waals surface area contributed by atoms with E-state index in [0.29, 0.717) is 37.6 Å². The Hall–Kier alpha value is -1.59. The fourth-order valence-electron chi connectivity index (χ4n) is 3.92. The molecule has 0 N–H and O–H groups in total. The van der Waals surface area contributed by atoms with Crippen molar-refractivity contribution in [1.29, 1.82) is 0 Å². The summed E-state index contributed by atoms with van der Waals surface area (Å²) in [6.07, 6.45) is 7.55. The number of hydrogen-bond donors (Lipinski definition) is 0. The summed E-state index contributed by atoms with van der Waals surface area (Å²) in [5.41, 5.74) is 0. The minimum absolute atomic E-state index is 0.0103. The Morgan fingerprint density at radius 3 is 1.35 bits per heavy atom. The van der Waals surface area contributed by atoms with Gasteiger partial charge in [0.05, 0.1) is 25.7 Å². The van der Waals surface area contributed by atoms with E-state index >= 15 is 0 Å². The highest BCUT2D eigenvalue weighted by Gasteiger charge is 2.29. The van der Waals surface area contributed by atoms with Crippen LogP contribution < -0.4 is 0 Å². The monoisotopic (exact) mass is 368 g/mol. The van der Waals surface area contributed by atoms with Crippen LogP contribution in [0.5, 0.6) is 0 Å². The molecule has 6 heteroatoms. The van der Waals surface area contributed by atoms with Crippen LogP contribution in [0, 0.1) is 23.7 Å². The standard InChI is InChI=1S/C20H32O6/c1-14(21)24-11-16-3-5-17(6-4-16)13-26-20(23)19-9-7-18(8-10-19)12-25-15(2)22/h16-19H,3-13H2,1-2H3. The summed E-state index contributed by atoms with van der Waals surface area (Å²) in [5.74, 6) is 0.696. The second kappa shape index (κ2) is 10.5. The molecule has 0 atom stereocenters. The van der Waals surface area contributed by atoms with Crippen molar-refractivity contribution in [3.8, 4) is 0 Å². The highest BCUT2D eigenvalue weighted by atomic mass is 16.5. The molecule has 2 aliphatic carbocycles. The fourth-order valence-corrected chi connectivity index (χ4v) is 3.92. The second-order valence-corrected chi connectivity index (χ2v) is 7.84. The van der Waals surface area contributed by atoms with Gasteiger partial charge in [-0.25, -0.2) is 0 Å². The molecule has 2 saturated carbocycles. The van der Waals surface area contributed by atoms with Gasteiger partial charge in [0.2, 0.25) is 0 Å². The summed E-state index contributed by atoms with van der Waals surface area (Å²) in [5, 5.41) is 0. The van der Waals surface area contributed by atoms with Crippen LogP contribution in [0.3, 0.4) is 0 Å². The van der Waals surface area contributed by atoms with E-state index in [1.807, 2.05) is 0 Å². The summed E-state index contributed by atoms with van der Waals surface area (Å²) in [6.45, 7) is 4.35. The van der Waals surface area contributed by atoms with Gasteiger partial charge in [-0.15, -0.1) is 0 Å². The average Bonchev–Trinajstić information content (AvgIpc) is 2.64. The Bertz CT molecular complexity index is 473. The van der Waals surface area contributed by atoms with Crippen LogP contribution in [0.25, 0.3) is 0 Å². The van der Waals surface area contributed by atoms with Crippen LogP contribution in [-0.2, 0) is 28.6 Å². The van der Waals surface area contributed by atoms with E-state index in [2.05, 4.69) is 0 Å². The highest BCUT2D eigenvalue weighted by molar-refractivity contribution is 5.72. The predicted molar refractivity (Wildman–Crippen MR) is 95.1 cm³/mol. The maximum atomic E-state index is 12.3. The van der Waals surface area contributed by atoms with Crippen molar-refractivity contribution in [1.82, 2.24) is 0 Å². The van der Waals surface area contributed by atoms with Gasteiger partial charge < -0.3 is 14.2 Å². The first kappa shape index (κ1) is 20.7. The Morgan fingerprint density at radius 1 is 0.615 bits per heavy atom. The first-order valence-electron chi connectivity index (χ1n) is 9.87. The zero-order valence-electron chi connectivity index (χ0n) is 16.0. The third kappa shape index (κ3) is 7.34. The normalized spacial score (nSPS) is 28.8. The van der Waals surface area contributed by atoms with Crippen molar-refractivity contribution in [3.63, 3.8) is 0 Å². The Balaban J connectivity index is 1.58. The number of esters is 3. The SMILES string of the molecule is CC(=O)OCC1CCC(COC(=O)C2CCC(COC(C)=O)CC2)CC1. The molecule has 0 spiro atoms. The van der Waals surface area contributed by atoms with Crippen molar-refractivity contribution < 1.29 is 28.6 Å². The van der Waals surface area contributed by atoms with E-state index in [4.69, 9.17) is 14.2 Å². The molecular weight excluding hydrogens is 336 g/mol.